The summed E-state index contributed by atoms with van der Waals surface area (Å²) in [4.78, 5) is 12.9. The Morgan fingerprint density at radius 3 is 2.67 bits per heavy atom. The van der Waals surface area contributed by atoms with Gasteiger partial charge in [-0.25, -0.2) is 4.79 Å². The van der Waals surface area contributed by atoms with Crippen LogP contribution in [-0.2, 0) is 4.74 Å². The summed E-state index contributed by atoms with van der Waals surface area (Å²) in [5.41, 5.74) is 1.71. The van der Waals surface area contributed by atoms with Crippen molar-refractivity contribution < 1.29 is 9.53 Å². The van der Waals surface area contributed by atoms with E-state index in [1.54, 1.807) is 18.3 Å². The Hall–Kier alpha value is -1.81. The lowest BCUT2D eigenvalue weighted by Crippen LogP contribution is -2.05. The van der Waals surface area contributed by atoms with Crippen molar-refractivity contribution in [3.8, 4) is 10.4 Å². The van der Waals surface area contributed by atoms with E-state index < -0.39 is 0 Å². The van der Waals surface area contributed by atoms with E-state index in [1.807, 2.05) is 43.4 Å². The van der Waals surface area contributed by atoms with E-state index in [0.29, 0.717) is 12.2 Å². The minimum atomic E-state index is -0.278. The van der Waals surface area contributed by atoms with Crippen molar-refractivity contribution >= 4 is 22.3 Å². The normalized spacial score (nSPS) is 10.1. The van der Waals surface area contributed by atoms with E-state index in [4.69, 9.17) is 4.74 Å². The molecule has 0 aliphatic carbocycles. The zero-order chi connectivity index (χ0) is 13.0. The number of hydrogen-bond acceptors (Lipinski definition) is 4. The standard InChI is InChI=1S/C14H15NO2S/c1-3-17-14(16)11-9-12(18-13(11)15-2)10-7-5-4-6-8-10/h4-9,15H,3H2,1-2H3. The third-order valence-corrected chi connectivity index (χ3v) is 3.71. The van der Waals surface area contributed by atoms with Crippen LogP contribution in [0.5, 0.6) is 0 Å². The van der Waals surface area contributed by atoms with E-state index in [-0.39, 0.29) is 5.97 Å². The van der Waals surface area contributed by atoms with E-state index in [9.17, 15) is 4.79 Å². The van der Waals surface area contributed by atoms with Crippen LogP contribution in [0.25, 0.3) is 10.4 Å². The molecule has 2 rings (SSSR count). The fraction of sp³-hybridized carbons (Fsp3) is 0.214. The summed E-state index contributed by atoms with van der Waals surface area (Å²) in [6.45, 7) is 2.19. The van der Waals surface area contributed by atoms with Crippen molar-refractivity contribution in [3.05, 3.63) is 42.0 Å². The highest BCUT2D eigenvalue weighted by atomic mass is 32.1. The van der Waals surface area contributed by atoms with Gasteiger partial charge in [0.2, 0.25) is 0 Å². The van der Waals surface area contributed by atoms with E-state index in [1.165, 1.54) is 0 Å². The first-order valence-electron chi connectivity index (χ1n) is 5.80. The summed E-state index contributed by atoms with van der Waals surface area (Å²) >= 11 is 1.55. The van der Waals surface area contributed by atoms with Gasteiger partial charge < -0.3 is 10.1 Å². The summed E-state index contributed by atoms with van der Waals surface area (Å²) in [6, 6.07) is 11.9. The van der Waals surface area contributed by atoms with Crippen LogP contribution < -0.4 is 5.32 Å². The van der Waals surface area contributed by atoms with Crippen LogP contribution >= 0.6 is 11.3 Å². The fourth-order valence-corrected chi connectivity index (χ4v) is 2.69. The molecule has 94 valence electrons. The number of benzene rings is 1. The van der Waals surface area contributed by atoms with Crippen molar-refractivity contribution in [1.82, 2.24) is 0 Å². The highest BCUT2D eigenvalue weighted by molar-refractivity contribution is 7.19. The van der Waals surface area contributed by atoms with E-state index >= 15 is 0 Å². The molecule has 0 aliphatic rings. The van der Waals surface area contributed by atoms with Gasteiger partial charge in [-0.05, 0) is 18.6 Å². The minimum Gasteiger partial charge on any atom is -0.462 e. The zero-order valence-corrected chi connectivity index (χ0v) is 11.2. The molecule has 3 nitrogen and oxygen atoms in total. The number of carbonyl (C=O) groups is 1. The summed E-state index contributed by atoms with van der Waals surface area (Å²) < 4.78 is 5.05. The third kappa shape index (κ3) is 2.54. The summed E-state index contributed by atoms with van der Waals surface area (Å²) in [5, 5.41) is 3.88. The molecular weight excluding hydrogens is 246 g/mol. The molecule has 0 fully saturated rings. The Morgan fingerprint density at radius 2 is 2.06 bits per heavy atom. The largest absolute Gasteiger partial charge is 0.462 e. The number of thiophene rings is 1. The highest BCUT2D eigenvalue weighted by Crippen LogP contribution is 2.35. The van der Waals surface area contributed by atoms with Crippen molar-refractivity contribution in [2.45, 2.75) is 6.92 Å². The second-order valence-electron chi connectivity index (χ2n) is 3.69. The Kier molecular flexibility index (Phi) is 3.99. The number of esters is 1. The average molecular weight is 261 g/mol. The number of anilines is 1. The fourth-order valence-electron chi connectivity index (χ4n) is 1.68. The van der Waals surface area contributed by atoms with Gasteiger partial charge in [0, 0.05) is 11.9 Å². The van der Waals surface area contributed by atoms with Crippen LogP contribution in [0.15, 0.2) is 36.4 Å². The topological polar surface area (TPSA) is 38.3 Å². The zero-order valence-electron chi connectivity index (χ0n) is 10.4. The van der Waals surface area contributed by atoms with Gasteiger partial charge in [-0.3, -0.25) is 0 Å². The second kappa shape index (κ2) is 5.69. The van der Waals surface area contributed by atoms with Gasteiger partial charge in [0.15, 0.2) is 0 Å². The van der Waals surface area contributed by atoms with Gasteiger partial charge in [0.05, 0.1) is 12.2 Å². The van der Waals surface area contributed by atoms with E-state index in [2.05, 4.69) is 5.32 Å². The van der Waals surface area contributed by atoms with Crippen LogP contribution in [-0.4, -0.2) is 19.6 Å². The molecule has 4 heteroatoms. The molecule has 0 radical (unpaired) electrons. The maximum atomic E-state index is 11.8. The highest BCUT2D eigenvalue weighted by Gasteiger charge is 2.16. The summed E-state index contributed by atoms with van der Waals surface area (Å²) in [6.07, 6.45) is 0. The van der Waals surface area contributed by atoms with Crippen LogP contribution in [0.1, 0.15) is 17.3 Å². The SMILES string of the molecule is CCOC(=O)c1cc(-c2ccccc2)sc1NC. The van der Waals surface area contributed by atoms with Gasteiger partial charge in [0.1, 0.15) is 5.00 Å². The van der Waals surface area contributed by atoms with Gasteiger partial charge in [-0.1, -0.05) is 30.3 Å². The summed E-state index contributed by atoms with van der Waals surface area (Å²) in [5.74, 6) is -0.278. The molecule has 1 heterocycles. The van der Waals surface area contributed by atoms with Gasteiger partial charge in [-0.2, -0.15) is 0 Å². The van der Waals surface area contributed by atoms with Gasteiger partial charge >= 0.3 is 5.97 Å². The first-order valence-corrected chi connectivity index (χ1v) is 6.62. The Bertz CT molecular complexity index is 534. The third-order valence-electron chi connectivity index (χ3n) is 2.51. The molecule has 0 atom stereocenters. The van der Waals surface area contributed by atoms with Crippen LogP contribution in [0, 0.1) is 0 Å². The average Bonchev–Trinajstić information content (AvgIpc) is 2.84. The second-order valence-corrected chi connectivity index (χ2v) is 4.74. The molecule has 2 aromatic rings. The number of nitrogens with one attached hydrogen (secondary N) is 1. The number of ether oxygens (including phenoxy) is 1. The smallest absolute Gasteiger partial charge is 0.341 e. The van der Waals surface area contributed by atoms with Crippen LogP contribution in [0.2, 0.25) is 0 Å². The molecule has 18 heavy (non-hydrogen) atoms. The first kappa shape index (κ1) is 12.6. The van der Waals surface area contributed by atoms with Gasteiger partial charge in [0.25, 0.3) is 0 Å². The Morgan fingerprint density at radius 1 is 1.33 bits per heavy atom. The quantitative estimate of drug-likeness (QED) is 0.854. The maximum Gasteiger partial charge on any atom is 0.341 e. The van der Waals surface area contributed by atoms with Crippen LogP contribution in [0.3, 0.4) is 0 Å². The first-order chi connectivity index (χ1) is 8.76. The minimum absolute atomic E-state index is 0.278. The molecule has 0 saturated carbocycles. The van der Waals surface area contributed by atoms with Crippen LogP contribution in [0.4, 0.5) is 5.00 Å². The molecule has 0 aliphatic heterocycles. The monoisotopic (exact) mass is 261 g/mol. The van der Waals surface area contributed by atoms with Gasteiger partial charge in [-0.15, -0.1) is 11.3 Å². The molecule has 0 bridgehead atoms. The number of hydrogen-bond donors (Lipinski definition) is 1. The molecule has 1 N–H and O–H groups in total. The van der Waals surface area contributed by atoms with E-state index in [0.717, 1.165) is 15.4 Å². The Labute approximate surface area is 110 Å². The van der Waals surface area contributed by atoms with Crippen molar-refractivity contribution in [2.75, 3.05) is 19.0 Å². The molecule has 0 amide bonds. The molecule has 1 aromatic heterocycles. The molecule has 1 aromatic carbocycles. The lowest BCUT2D eigenvalue weighted by Gasteiger charge is -2.01. The predicted octanol–water partition coefficient (Wildman–Crippen LogP) is 3.63. The molecule has 0 spiro atoms. The predicted molar refractivity (Wildman–Crippen MR) is 75.3 cm³/mol. The van der Waals surface area contributed by atoms with Crippen molar-refractivity contribution in [1.29, 1.82) is 0 Å². The lowest BCUT2D eigenvalue weighted by atomic mass is 10.1. The number of carbonyl (C=O) groups excluding carboxylic acids is 1. The molecular formula is C14H15NO2S. The van der Waals surface area contributed by atoms with Crippen molar-refractivity contribution in [3.63, 3.8) is 0 Å². The molecule has 0 unspecified atom stereocenters. The Balaban J connectivity index is 2.38. The lowest BCUT2D eigenvalue weighted by molar-refractivity contribution is 0.0528. The maximum absolute atomic E-state index is 11.8. The molecule has 0 saturated heterocycles. The van der Waals surface area contributed by atoms with Crippen molar-refractivity contribution in [2.24, 2.45) is 0 Å². The summed E-state index contributed by atoms with van der Waals surface area (Å²) in [7, 11) is 1.81. The number of rotatable bonds is 4.